The molecule has 0 amide bonds. The van der Waals surface area contributed by atoms with Crippen molar-refractivity contribution in [1.82, 2.24) is 9.97 Å². The fourth-order valence-corrected chi connectivity index (χ4v) is 4.48. The number of carbonyl (C=O) groups excluding carboxylic acids is 1. The van der Waals surface area contributed by atoms with Crippen molar-refractivity contribution >= 4 is 32.5 Å². The summed E-state index contributed by atoms with van der Waals surface area (Å²) in [6.45, 7) is 0. The summed E-state index contributed by atoms with van der Waals surface area (Å²) in [5, 5.41) is 0.156. The molecule has 0 saturated heterocycles. The van der Waals surface area contributed by atoms with Crippen molar-refractivity contribution in [2.45, 2.75) is 4.90 Å². The van der Waals surface area contributed by atoms with Crippen molar-refractivity contribution in [2.24, 2.45) is 0 Å². The Labute approximate surface area is 184 Å². The van der Waals surface area contributed by atoms with Crippen LogP contribution in [-0.2, 0) is 10.0 Å². The number of benzene rings is 2. The van der Waals surface area contributed by atoms with Crippen molar-refractivity contribution < 1.29 is 35.5 Å². The standard InChI is InChI=1S/C21H13F4N3O4S/c1-32-15-7-8-26-21-16(15)10(9-27-21)19(29)17-11(22)5-6-14(18(17)25)28-33(30,31)20-12(23)3-2-4-13(20)24/h2-9,28H,1H3,(H,26,27). The third-order valence-electron chi connectivity index (χ3n) is 4.75. The molecule has 0 spiro atoms. The van der Waals surface area contributed by atoms with Crippen LogP contribution >= 0.6 is 0 Å². The Morgan fingerprint density at radius 3 is 2.39 bits per heavy atom. The van der Waals surface area contributed by atoms with Crippen LogP contribution in [0.1, 0.15) is 15.9 Å². The average molecular weight is 479 g/mol. The van der Waals surface area contributed by atoms with Gasteiger partial charge in [-0.2, -0.15) is 0 Å². The molecule has 2 N–H and O–H groups in total. The molecule has 0 fully saturated rings. The van der Waals surface area contributed by atoms with E-state index >= 15 is 4.39 Å². The number of halogens is 4. The van der Waals surface area contributed by atoms with E-state index in [1.54, 1.807) is 4.72 Å². The summed E-state index contributed by atoms with van der Waals surface area (Å²) < 4.78 is 89.4. The fraction of sp³-hybridized carbons (Fsp3) is 0.0476. The second-order valence-electron chi connectivity index (χ2n) is 6.71. The van der Waals surface area contributed by atoms with E-state index in [9.17, 15) is 26.4 Å². The molecule has 4 aromatic rings. The lowest BCUT2D eigenvalue weighted by molar-refractivity contribution is 0.103. The van der Waals surface area contributed by atoms with Gasteiger partial charge in [0.2, 0.25) is 5.78 Å². The van der Waals surface area contributed by atoms with Crippen LogP contribution in [0.3, 0.4) is 0 Å². The molecule has 12 heteroatoms. The van der Waals surface area contributed by atoms with Crippen molar-refractivity contribution in [3.63, 3.8) is 0 Å². The van der Waals surface area contributed by atoms with Gasteiger partial charge < -0.3 is 9.72 Å². The molecule has 0 aliphatic carbocycles. The highest BCUT2D eigenvalue weighted by Gasteiger charge is 2.29. The first-order chi connectivity index (χ1) is 15.7. The Kier molecular flexibility index (Phi) is 5.54. The van der Waals surface area contributed by atoms with Gasteiger partial charge in [0.15, 0.2) is 10.7 Å². The predicted octanol–water partition coefficient (Wildman–Crippen LogP) is 4.16. The molecule has 0 aliphatic heterocycles. The molecule has 170 valence electrons. The number of aromatic amines is 1. The lowest BCUT2D eigenvalue weighted by Gasteiger charge is -2.13. The van der Waals surface area contributed by atoms with Crippen LogP contribution in [0.25, 0.3) is 11.0 Å². The summed E-state index contributed by atoms with van der Waals surface area (Å²) in [6.07, 6.45) is 2.57. The van der Waals surface area contributed by atoms with Gasteiger partial charge in [0.1, 0.15) is 28.8 Å². The molecule has 0 unspecified atom stereocenters. The van der Waals surface area contributed by atoms with Crippen molar-refractivity contribution in [1.29, 1.82) is 0 Å². The summed E-state index contributed by atoms with van der Waals surface area (Å²) in [4.78, 5) is 18.4. The maximum Gasteiger partial charge on any atom is 0.267 e. The van der Waals surface area contributed by atoms with Gasteiger partial charge in [-0.25, -0.2) is 31.0 Å². The summed E-state index contributed by atoms with van der Waals surface area (Å²) in [6, 6.07) is 5.12. The van der Waals surface area contributed by atoms with Crippen molar-refractivity contribution in [3.8, 4) is 5.75 Å². The van der Waals surface area contributed by atoms with Gasteiger partial charge in [-0.3, -0.25) is 9.52 Å². The molecular formula is C21H13F4N3O4S. The number of rotatable bonds is 6. The van der Waals surface area contributed by atoms with E-state index in [1.807, 2.05) is 0 Å². The number of H-pyrrole nitrogens is 1. The van der Waals surface area contributed by atoms with Gasteiger partial charge in [-0.15, -0.1) is 0 Å². The minimum Gasteiger partial charge on any atom is -0.496 e. The number of aromatic nitrogens is 2. The van der Waals surface area contributed by atoms with Crippen LogP contribution in [0, 0.1) is 23.3 Å². The third-order valence-corrected chi connectivity index (χ3v) is 6.17. The van der Waals surface area contributed by atoms with E-state index in [2.05, 4.69) is 9.97 Å². The quantitative estimate of drug-likeness (QED) is 0.320. The zero-order valence-corrected chi connectivity index (χ0v) is 17.4. The number of fused-ring (bicyclic) bond motifs is 1. The smallest absolute Gasteiger partial charge is 0.267 e. The van der Waals surface area contributed by atoms with Crippen LogP contribution in [0.2, 0.25) is 0 Å². The second kappa shape index (κ2) is 8.20. The van der Waals surface area contributed by atoms with Crippen LogP contribution in [-0.4, -0.2) is 31.3 Å². The zero-order chi connectivity index (χ0) is 23.9. The second-order valence-corrected chi connectivity index (χ2v) is 8.33. The Hall–Kier alpha value is -3.93. The summed E-state index contributed by atoms with van der Waals surface area (Å²) in [7, 11) is -3.63. The summed E-state index contributed by atoms with van der Waals surface area (Å²) >= 11 is 0. The molecule has 2 aromatic heterocycles. The number of hydrogen-bond donors (Lipinski definition) is 2. The largest absolute Gasteiger partial charge is 0.496 e. The molecule has 7 nitrogen and oxygen atoms in total. The highest BCUT2D eigenvalue weighted by Crippen LogP contribution is 2.32. The normalized spacial score (nSPS) is 11.5. The number of ketones is 1. The van der Waals surface area contributed by atoms with E-state index in [0.29, 0.717) is 24.3 Å². The van der Waals surface area contributed by atoms with E-state index in [1.165, 1.54) is 25.6 Å². The lowest BCUT2D eigenvalue weighted by atomic mass is 10.0. The third kappa shape index (κ3) is 3.78. The molecule has 0 bridgehead atoms. The first-order valence-electron chi connectivity index (χ1n) is 9.15. The fourth-order valence-electron chi connectivity index (χ4n) is 3.28. The van der Waals surface area contributed by atoms with Crippen LogP contribution in [0.4, 0.5) is 23.2 Å². The molecule has 0 atom stereocenters. The highest BCUT2D eigenvalue weighted by molar-refractivity contribution is 7.92. The van der Waals surface area contributed by atoms with E-state index < -0.39 is 55.2 Å². The average Bonchev–Trinajstić information content (AvgIpc) is 3.20. The Morgan fingerprint density at radius 1 is 1.03 bits per heavy atom. The van der Waals surface area contributed by atoms with Gasteiger partial charge in [0.05, 0.1) is 29.3 Å². The Bertz CT molecular complexity index is 1500. The zero-order valence-electron chi connectivity index (χ0n) is 16.6. The summed E-state index contributed by atoms with van der Waals surface area (Å²) in [5.74, 6) is -6.62. The Balaban J connectivity index is 1.81. The molecule has 2 aromatic carbocycles. The SMILES string of the molecule is COc1ccnc2[nH]cc(C(=O)c3c(F)ccc(NS(=O)(=O)c4c(F)cccc4F)c3F)c12. The topological polar surface area (TPSA) is 101 Å². The molecule has 2 heterocycles. The highest BCUT2D eigenvalue weighted by atomic mass is 32.2. The molecular weight excluding hydrogens is 466 g/mol. The number of carbonyl (C=O) groups is 1. The van der Waals surface area contributed by atoms with Crippen molar-refractivity contribution in [3.05, 3.63) is 83.2 Å². The maximum absolute atomic E-state index is 15.2. The van der Waals surface area contributed by atoms with Crippen LogP contribution < -0.4 is 9.46 Å². The van der Waals surface area contributed by atoms with Gasteiger partial charge >= 0.3 is 0 Å². The monoisotopic (exact) mass is 479 g/mol. The first kappa shape index (κ1) is 22.3. The minimum absolute atomic E-state index is 0.156. The minimum atomic E-state index is -4.96. The number of pyridine rings is 1. The number of methoxy groups -OCH3 is 1. The number of nitrogens with one attached hydrogen (secondary N) is 2. The number of anilines is 1. The lowest BCUT2D eigenvalue weighted by Crippen LogP contribution is -2.19. The van der Waals surface area contributed by atoms with Gasteiger partial charge in [-0.1, -0.05) is 6.07 Å². The molecule has 33 heavy (non-hydrogen) atoms. The van der Waals surface area contributed by atoms with Crippen molar-refractivity contribution in [2.75, 3.05) is 11.8 Å². The van der Waals surface area contributed by atoms with E-state index in [0.717, 1.165) is 6.07 Å². The molecule has 4 rings (SSSR count). The number of sulfonamides is 1. The molecule has 0 saturated carbocycles. The number of nitrogens with zero attached hydrogens (tertiary/aromatic N) is 1. The molecule has 0 aliphatic rings. The summed E-state index contributed by atoms with van der Waals surface area (Å²) in [5.41, 5.74) is -1.94. The molecule has 0 radical (unpaired) electrons. The van der Waals surface area contributed by atoms with E-state index in [-0.39, 0.29) is 22.3 Å². The Morgan fingerprint density at radius 2 is 1.73 bits per heavy atom. The van der Waals surface area contributed by atoms with Crippen LogP contribution in [0.15, 0.2) is 53.7 Å². The van der Waals surface area contributed by atoms with Gasteiger partial charge in [0, 0.05) is 12.4 Å². The van der Waals surface area contributed by atoms with E-state index in [4.69, 9.17) is 4.74 Å². The van der Waals surface area contributed by atoms with Gasteiger partial charge in [0.25, 0.3) is 10.0 Å². The first-order valence-corrected chi connectivity index (χ1v) is 10.6. The number of ether oxygens (including phenoxy) is 1. The van der Waals surface area contributed by atoms with Gasteiger partial charge in [-0.05, 0) is 30.3 Å². The number of hydrogen-bond acceptors (Lipinski definition) is 5. The van der Waals surface area contributed by atoms with Crippen LogP contribution in [0.5, 0.6) is 5.75 Å². The predicted molar refractivity (Wildman–Crippen MR) is 110 cm³/mol. The maximum atomic E-state index is 15.2.